The summed E-state index contributed by atoms with van der Waals surface area (Å²) in [5.74, 6) is 0.890. The first-order valence-electron chi connectivity index (χ1n) is 8.15. The van der Waals surface area contributed by atoms with E-state index in [1.165, 1.54) is 17.9 Å². The first-order valence-corrected chi connectivity index (χ1v) is 8.15. The molecule has 0 saturated heterocycles. The van der Waals surface area contributed by atoms with Gasteiger partial charge in [-0.3, -0.25) is 0 Å². The smallest absolute Gasteiger partial charge is 0.282 e. The average Bonchev–Trinajstić information content (AvgIpc) is 3.34. The fourth-order valence-electron chi connectivity index (χ4n) is 2.65. The van der Waals surface area contributed by atoms with Crippen molar-refractivity contribution in [1.29, 1.82) is 0 Å². The molecule has 2 N–H and O–H groups in total. The number of nitrogens with two attached hydrogens (primary N) is 1. The lowest BCUT2D eigenvalue weighted by Gasteiger charge is -2.10. The highest BCUT2D eigenvalue weighted by molar-refractivity contribution is 5.67. The first kappa shape index (κ1) is 17.5. The van der Waals surface area contributed by atoms with Gasteiger partial charge in [0, 0.05) is 6.07 Å². The topological polar surface area (TPSA) is 114 Å². The van der Waals surface area contributed by atoms with Gasteiger partial charge in [-0.15, -0.1) is 5.10 Å². The second-order valence-electron chi connectivity index (χ2n) is 5.68. The van der Waals surface area contributed by atoms with Gasteiger partial charge in [0.05, 0.1) is 19.8 Å². The molecule has 4 rings (SSSR count). The number of methoxy groups -OCH3 is 2. The molecule has 4 aromatic rings. The van der Waals surface area contributed by atoms with E-state index in [1.807, 2.05) is 0 Å². The third-order valence-corrected chi connectivity index (χ3v) is 4.06. The minimum atomic E-state index is -0.465. The fraction of sp³-hybridized carbons (Fsp3) is 0.111. The highest BCUT2D eigenvalue weighted by Crippen LogP contribution is 2.32. The number of nitrogen functional groups attached to an aromatic ring is 1. The molecular weight excluding hydrogens is 367 g/mol. The Balaban J connectivity index is 1.76. The number of halogens is 1. The maximum atomic E-state index is 13.9. The van der Waals surface area contributed by atoms with E-state index < -0.39 is 5.82 Å². The average molecular weight is 382 g/mol. The molecule has 0 bridgehead atoms. The third-order valence-electron chi connectivity index (χ3n) is 4.06. The number of hydrogen-bond donors (Lipinski definition) is 1. The molecule has 0 aliphatic carbocycles. The van der Waals surface area contributed by atoms with Crippen LogP contribution in [0.15, 0.2) is 47.0 Å². The predicted octanol–water partition coefficient (Wildman–Crippen LogP) is 2.72. The van der Waals surface area contributed by atoms with Gasteiger partial charge < -0.3 is 19.7 Å². The number of nitrogens with zero attached hydrogens (tertiary/aromatic N) is 5. The molecule has 0 unspecified atom stereocenters. The molecule has 2 aromatic heterocycles. The van der Waals surface area contributed by atoms with Gasteiger partial charge in [-0.05, 0) is 24.3 Å². The van der Waals surface area contributed by atoms with Crippen molar-refractivity contribution in [3.63, 3.8) is 0 Å². The van der Waals surface area contributed by atoms with E-state index in [0.717, 1.165) is 0 Å². The summed E-state index contributed by atoms with van der Waals surface area (Å²) < 4.78 is 31.1. The van der Waals surface area contributed by atoms with Crippen molar-refractivity contribution in [3.05, 3.63) is 48.3 Å². The quantitative estimate of drug-likeness (QED) is 0.560. The number of ether oxygens (including phenoxy) is 2. The van der Waals surface area contributed by atoms with Crippen molar-refractivity contribution in [2.75, 3.05) is 20.0 Å². The summed E-state index contributed by atoms with van der Waals surface area (Å²) in [5.41, 5.74) is 7.09. The van der Waals surface area contributed by atoms with Gasteiger partial charge in [-0.25, -0.2) is 4.39 Å². The minimum absolute atomic E-state index is 0.0175. The Morgan fingerprint density at radius 1 is 1.11 bits per heavy atom. The summed E-state index contributed by atoms with van der Waals surface area (Å²) in [6.07, 6.45) is 0. The van der Waals surface area contributed by atoms with Crippen molar-refractivity contribution >= 4 is 5.82 Å². The number of rotatable bonds is 5. The highest BCUT2D eigenvalue weighted by Gasteiger charge is 2.22. The van der Waals surface area contributed by atoms with E-state index in [2.05, 4.69) is 20.5 Å². The van der Waals surface area contributed by atoms with Crippen molar-refractivity contribution in [1.82, 2.24) is 25.1 Å². The van der Waals surface area contributed by atoms with E-state index >= 15 is 0 Å². The molecule has 0 aliphatic rings. The maximum Gasteiger partial charge on any atom is 0.282 e. The zero-order valence-electron chi connectivity index (χ0n) is 15.0. The van der Waals surface area contributed by atoms with Crippen molar-refractivity contribution in [2.24, 2.45) is 0 Å². The number of hydrogen-bond acceptors (Lipinski definition) is 8. The van der Waals surface area contributed by atoms with Crippen LogP contribution in [-0.2, 0) is 0 Å². The van der Waals surface area contributed by atoms with Gasteiger partial charge in [-0.1, -0.05) is 22.5 Å². The second-order valence-corrected chi connectivity index (χ2v) is 5.68. The lowest BCUT2D eigenvalue weighted by molar-refractivity contribution is 0.400. The standard InChI is InChI=1S/C18H15FN6O3/c1-26-10-7-8-14(27-2)13(9-10)25-16(20)15(22-24-25)18-21-17(23-28-18)11-5-3-4-6-12(11)19/h3-9H,20H2,1-2H3. The van der Waals surface area contributed by atoms with Crippen LogP contribution in [0.3, 0.4) is 0 Å². The Kier molecular flexibility index (Phi) is 4.36. The van der Waals surface area contributed by atoms with Crippen LogP contribution in [0.5, 0.6) is 11.5 Å². The molecule has 28 heavy (non-hydrogen) atoms. The third kappa shape index (κ3) is 2.90. The zero-order valence-corrected chi connectivity index (χ0v) is 15.0. The molecule has 2 aromatic carbocycles. The molecular formula is C18H15FN6O3. The van der Waals surface area contributed by atoms with E-state index in [1.54, 1.807) is 43.5 Å². The van der Waals surface area contributed by atoms with Gasteiger partial charge >= 0.3 is 0 Å². The summed E-state index contributed by atoms with van der Waals surface area (Å²) in [4.78, 5) is 4.19. The molecule has 0 radical (unpaired) electrons. The summed E-state index contributed by atoms with van der Waals surface area (Å²) >= 11 is 0. The fourth-order valence-corrected chi connectivity index (χ4v) is 2.65. The largest absolute Gasteiger partial charge is 0.497 e. The highest BCUT2D eigenvalue weighted by atomic mass is 19.1. The van der Waals surface area contributed by atoms with Crippen LogP contribution in [0.2, 0.25) is 0 Å². The van der Waals surface area contributed by atoms with E-state index in [0.29, 0.717) is 17.2 Å². The van der Waals surface area contributed by atoms with Crippen LogP contribution >= 0.6 is 0 Å². The van der Waals surface area contributed by atoms with Crippen LogP contribution in [0.25, 0.3) is 28.7 Å². The van der Waals surface area contributed by atoms with Gasteiger partial charge in [0.2, 0.25) is 5.82 Å². The van der Waals surface area contributed by atoms with Crippen LogP contribution in [0.1, 0.15) is 0 Å². The second kappa shape index (κ2) is 6.99. The van der Waals surface area contributed by atoms with Gasteiger partial charge in [-0.2, -0.15) is 9.67 Å². The summed E-state index contributed by atoms with van der Waals surface area (Å²) in [6.45, 7) is 0. The summed E-state index contributed by atoms with van der Waals surface area (Å²) in [5, 5.41) is 11.9. The molecule has 2 heterocycles. The van der Waals surface area contributed by atoms with Crippen LogP contribution in [0.4, 0.5) is 10.2 Å². The summed E-state index contributed by atoms with van der Waals surface area (Å²) in [6, 6.07) is 11.3. The molecule has 9 nitrogen and oxygen atoms in total. The Morgan fingerprint density at radius 2 is 1.93 bits per heavy atom. The SMILES string of the molecule is COc1ccc(OC)c(-n2nnc(-c3nc(-c4ccccc4F)no3)c2N)c1. The molecule has 0 aliphatic heterocycles. The molecule has 0 fully saturated rings. The Bertz CT molecular complexity index is 1140. The summed E-state index contributed by atoms with van der Waals surface area (Å²) in [7, 11) is 3.07. The molecule has 142 valence electrons. The number of benzene rings is 2. The van der Waals surface area contributed by atoms with E-state index in [9.17, 15) is 4.39 Å². The van der Waals surface area contributed by atoms with Gasteiger partial charge in [0.1, 0.15) is 23.0 Å². The van der Waals surface area contributed by atoms with Gasteiger partial charge in [0.25, 0.3) is 5.89 Å². The zero-order chi connectivity index (χ0) is 19.7. The van der Waals surface area contributed by atoms with Gasteiger partial charge in [0.15, 0.2) is 11.5 Å². The van der Waals surface area contributed by atoms with Crippen LogP contribution in [-0.4, -0.2) is 39.4 Å². The lowest BCUT2D eigenvalue weighted by atomic mass is 10.2. The molecule has 0 atom stereocenters. The maximum absolute atomic E-state index is 13.9. The van der Waals surface area contributed by atoms with E-state index in [4.69, 9.17) is 19.7 Å². The lowest BCUT2D eigenvalue weighted by Crippen LogP contribution is -2.05. The normalized spacial score (nSPS) is 10.8. The van der Waals surface area contributed by atoms with Crippen molar-refractivity contribution < 1.29 is 18.4 Å². The number of anilines is 1. The number of aromatic nitrogens is 5. The Morgan fingerprint density at radius 3 is 2.68 bits per heavy atom. The van der Waals surface area contributed by atoms with Crippen molar-refractivity contribution in [3.8, 4) is 40.2 Å². The Labute approximate surface area is 158 Å². The minimum Gasteiger partial charge on any atom is -0.497 e. The van der Waals surface area contributed by atoms with E-state index in [-0.39, 0.29) is 28.8 Å². The molecule has 0 spiro atoms. The van der Waals surface area contributed by atoms with Crippen molar-refractivity contribution in [2.45, 2.75) is 0 Å². The van der Waals surface area contributed by atoms with Crippen LogP contribution < -0.4 is 15.2 Å². The molecule has 10 heteroatoms. The molecule has 0 saturated carbocycles. The molecule has 0 amide bonds. The van der Waals surface area contributed by atoms with Crippen LogP contribution in [0, 0.1) is 5.82 Å². The predicted molar refractivity (Wildman–Crippen MR) is 97.6 cm³/mol. The first-order chi connectivity index (χ1) is 13.6. The Hall–Kier alpha value is -3.95. The monoisotopic (exact) mass is 382 g/mol.